The van der Waals surface area contributed by atoms with Crippen LogP contribution in [-0.2, 0) is 6.42 Å². The van der Waals surface area contributed by atoms with Crippen LogP contribution < -0.4 is 5.32 Å². The van der Waals surface area contributed by atoms with Crippen molar-refractivity contribution in [3.8, 4) is 0 Å². The molecule has 1 aromatic heterocycles. The van der Waals surface area contributed by atoms with Crippen LogP contribution in [0.5, 0.6) is 0 Å². The first kappa shape index (κ1) is 12.7. The smallest absolute Gasteiger partial charge is 0.0897 e. The number of thiazole rings is 1. The molecule has 1 heterocycles. The summed E-state index contributed by atoms with van der Waals surface area (Å²) in [7, 11) is 2.05. The van der Waals surface area contributed by atoms with Crippen LogP contribution in [-0.4, -0.2) is 18.1 Å². The normalized spacial score (nSPS) is 13.4. The highest BCUT2D eigenvalue weighted by atomic mass is 32.1. The molecule has 0 spiro atoms. The Morgan fingerprint density at radius 3 is 2.67 bits per heavy atom. The minimum Gasteiger partial charge on any atom is -0.317 e. The standard InChI is InChI=1S/C12H22N2S/c1-9(2)12(13-4)7-5-6-11-8-15-10(3)14-11/h8-9,12-13H,5-7H2,1-4H3. The number of rotatable bonds is 6. The molecular weight excluding hydrogens is 204 g/mol. The van der Waals surface area contributed by atoms with Gasteiger partial charge in [0.15, 0.2) is 0 Å². The van der Waals surface area contributed by atoms with E-state index in [9.17, 15) is 0 Å². The average molecular weight is 226 g/mol. The molecule has 86 valence electrons. The molecular formula is C12H22N2S. The molecule has 0 saturated heterocycles. The maximum Gasteiger partial charge on any atom is 0.0897 e. The van der Waals surface area contributed by atoms with Crippen LogP contribution >= 0.6 is 11.3 Å². The van der Waals surface area contributed by atoms with Gasteiger partial charge in [-0.1, -0.05) is 13.8 Å². The number of aromatic nitrogens is 1. The third-order valence-corrected chi connectivity index (χ3v) is 3.61. The summed E-state index contributed by atoms with van der Waals surface area (Å²) in [6.07, 6.45) is 3.59. The van der Waals surface area contributed by atoms with Gasteiger partial charge in [-0.05, 0) is 39.2 Å². The van der Waals surface area contributed by atoms with Crippen molar-refractivity contribution in [3.05, 3.63) is 16.1 Å². The fourth-order valence-corrected chi connectivity index (χ4v) is 2.48. The lowest BCUT2D eigenvalue weighted by Gasteiger charge is -2.19. The highest BCUT2D eigenvalue weighted by Gasteiger charge is 2.10. The van der Waals surface area contributed by atoms with Gasteiger partial charge < -0.3 is 5.32 Å². The summed E-state index contributed by atoms with van der Waals surface area (Å²) in [5.41, 5.74) is 1.26. The minimum absolute atomic E-state index is 0.643. The number of aryl methyl sites for hydroxylation is 2. The van der Waals surface area contributed by atoms with Gasteiger partial charge >= 0.3 is 0 Å². The van der Waals surface area contributed by atoms with E-state index in [1.54, 1.807) is 11.3 Å². The second-order valence-corrected chi connectivity index (χ2v) is 5.45. The zero-order valence-electron chi connectivity index (χ0n) is 10.2. The summed E-state index contributed by atoms with van der Waals surface area (Å²) >= 11 is 1.75. The lowest BCUT2D eigenvalue weighted by Crippen LogP contribution is -2.30. The Morgan fingerprint density at radius 1 is 1.47 bits per heavy atom. The zero-order valence-corrected chi connectivity index (χ0v) is 11.0. The highest BCUT2D eigenvalue weighted by Crippen LogP contribution is 2.13. The molecule has 1 rings (SSSR count). The van der Waals surface area contributed by atoms with Crippen LogP contribution in [0, 0.1) is 12.8 Å². The van der Waals surface area contributed by atoms with E-state index in [1.807, 2.05) is 0 Å². The second kappa shape index (κ2) is 6.23. The average Bonchev–Trinajstić information content (AvgIpc) is 2.58. The molecule has 3 heteroatoms. The zero-order chi connectivity index (χ0) is 11.3. The molecule has 0 radical (unpaired) electrons. The number of hydrogen-bond donors (Lipinski definition) is 1. The van der Waals surface area contributed by atoms with Crippen LogP contribution in [0.25, 0.3) is 0 Å². The largest absolute Gasteiger partial charge is 0.317 e. The number of nitrogens with zero attached hydrogens (tertiary/aromatic N) is 1. The molecule has 0 bridgehead atoms. The van der Waals surface area contributed by atoms with Gasteiger partial charge in [0.25, 0.3) is 0 Å². The molecule has 0 fully saturated rings. The van der Waals surface area contributed by atoms with Crippen molar-refractivity contribution in [3.63, 3.8) is 0 Å². The van der Waals surface area contributed by atoms with Gasteiger partial charge in [0.1, 0.15) is 0 Å². The SMILES string of the molecule is CNC(CCCc1csc(C)n1)C(C)C. The Hall–Kier alpha value is -0.410. The van der Waals surface area contributed by atoms with Crippen molar-refractivity contribution >= 4 is 11.3 Å². The van der Waals surface area contributed by atoms with Crippen molar-refractivity contribution in [2.75, 3.05) is 7.05 Å². The van der Waals surface area contributed by atoms with Gasteiger partial charge in [0.05, 0.1) is 10.7 Å². The summed E-state index contributed by atoms with van der Waals surface area (Å²) in [6, 6.07) is 0.643. The first-order chi connectivity index (χ1) is 7.13. The fourth-order valence-electron chi connectivity index (χ4n) is 1.84. The second-order valence-electron chi connectivity index (χ2n) is 4.39. The van der Waals surface area contributed by atoms with E-state index in [1.165, 1.54) is 23.5 Å². The number of nitrogens with one attached hydrogen (secondary N) is 1. The van der Waals surface area contributed by atoms with Crippen LogP contribution in [0.3, 0.4) is 0 Å². The van der Waals surface area contributed by atoms with Gasteiger partial charge in [-0.25, -0.2) is 4.98 Å². The van der Waals surface area contributed by atoms with E-state index in [-0.39, 0.29) is 0 Å². The Balaban J connectivity index is 2.26. The predicted octanol–water partition coefficient (Wildman–Crippen LogP) is 3.02. The van der Waals surface area contributed by atoms with E-state index in [4.69, 9.17) is 0 Å². The van der Waals surface area contributed by atoms with Crippen LogP contribution in [0.15, 0.2) is 5.38 Å². The Kier molecular flexibility index (Phi) is 5.26. The van der Waals surface area contributed by atoms with E-state index in [0.29, 0.717) is 12.0 Å². The van der Waals surface area contributed by atoms with Crippen molar-refractivity contribution in [2.45, 2.75) is 46.1 Å². The van der Waals surface area contributed by atoms with E-state index >= 15 is 0 Å². The summed E-state index contributed by atoms with van der Waals surface area (Å²) in [6.45, 7) is 6.61. The molecule has 0 saturated carbocycles. The van der Waals surface area contributed by atoms with Gasteiger partial charge in [0.2, 0.25) is 0 Å². The summed E-state index contributed by atoms with van der Waals surface area (Å²) in [5, 5.41) is 6.73. The summed E-state index contributed by atoms with van der Waals surface area (Å²) < 4.78 is 0. The van der Waals surface area contributed by atoms with Gasteiger partial charge in [-0.3, -0.25) is 0 Å². The first-order valence-corrected chi connectivity index (χ1v) is 6.59. The van der Waals surface area contributed by atoms with E-state index in [2.05, 4.69) is 43.5 Å². The van der Waals surface area contributed by atoms with Crippen molar-refractivity contribution in [1.29, 1.82) is 0 Å². The molecule has 2 nitrogen and oxygen atoms in total. The van der Waals surface area contributed by atoms with Gasteiger partial charge in [0, 0.05) is 11.4 Å². The van der Waals surface area contributed by atoms with Crippen LogP contribution in [0.4, 0.5) is 0 Å². The third kappa shape index (κ3) is 4.31. The molecule has 0 aliphatic rings. The van der Waals surface area contributed by atoms with Crippen molar-refractivity contribution in [1.82, 2.24) is 10.3 Å². The summed E-state index contributed by atoms with van der Waals surface area (Å²) in [5.74, 6) is 0.715. The van der Waals surface area contributed by atoms with Crippen LogP contribution in [0.2, 0.25) is 0 Å². The Bertz CT molecular complexity index is 281. The molecule has 1 atom stereocenters. The lowest BCUT2D eigenvalue weighted by molar-refractivity contribution is 0.393. The van der Waals surface area contributed by atoms with Gasteiger partial charge in [-0.2, -0.15) is 0 Å². The van der Waals surface area contributed by atoms with E-state index < -0.39 is 0 Å². The quantitative estimate of drug-likeness (QED) is 0.806. The van der Waals surface area contributed by atoms with Gasteiger partial charge in [-0.15, -0.1) is 11.3 Å². The molecule has 1 unspecified atom stereocenters. The molecule has 15 heavy (non-hydrogen) atoms. The molecule has 1 N–H and O–H groups in total. The fraction of sp³-hybridized carbons (Fsp3) is 0.750. The maximum atomic E-state index is 4.48. The summed E-state index contributed by atoms with van der Waals surface area (Å²) in [4.78, 5) is 4.48. The highest BCUT2D eigenvalue weighted by molar-refractivity contribution is 7.09. The van der Waals surface area contributed by atoms with Crippen molar-refractivity contribution in [2.24, 2.45) is 5.92 Å². The minimum atomic E-state index is 0.643. The maximum absolute atomic E-state index is 4.48. The first-order valence-electron chi connectivity index (χ1n) is 5.71. The van der Waals surface area contributed by atoms with Crippen LogP contribution in [0.1, 0.15) is 37.4 Å². The molecule has 0 aromatic carbocycles. The Morgan fingerprint density at radius 2 is 2.20 bits per heavy atom. The molecule has 0 aliphatic heterocycles. The van der Waals surface area contributed by atoms with E-state index in [0.717, 1.165) is 6.42 Å². The molecule has 0 aliphatic carbocycles. The third-order valence-electron chi connectivity index (χ3n) is 2.79. The monoisotopic (exact) mass is 226 g/mol. The molecule has 0 amide bonds. The predicted molar refractivity (Wildman–Crippen MR) is 67.5 cm³/mol. The number of hydrogen-bond acceptors (Lipinski definition) is 3. The Labute approximate surface area is 97.1 Å². The molecule has 1 aromatic rings. The van der Waals surface area contributed by atoms with Crippen molar-refractivity contribution < 1.29 is 0 Å². The topological polar surface area (TPSA) is 24.9 Å². The lowest BCUT2D eigenvalue weighted by atomic mass is 9.98.